The summed E-state index contributed by atoms with van der Waals surface area (Å²) in [5.41, 5.74) is 6.35. The number of hydrogen-bond acceptors (Lipinski definition) is 4. The molecule has 2 fully saturated rings. The fraction of sp³-hybridized carbons (Fsp3) is 1.00. The van der Waals surface area contributed by atoms with Crippen LogP contribution in [0, 0.1) is 0 Å². The molecule has 0 aromatic carbocycles. The van der Waals surface area contributed by atoms with E-state index in [1.54, 1.807) is 7.11 Å². The van der Waals surface area contributed by atoms with Crippen molar-refractivity contribution in [2.45, 2.75) is 56.3 Å². The molecule has 0 saturated carbocycles. The van der Waals surface area contributed by atoms with Gasteiger partial charge in [0.1, 0.15) is 0 Å². The molecule has 2 N–H and O–H groups in total. The van der Waals surface area contributed by atoms with Crippen LogP contribution in [-0.2, 0) is 4.74 Å². The van der Waals surface area contributed by atoms with Gasteiger partial charge >= 0.3 is 0 Å². The summed E-state index contributed by atoms with van der Waals surface area (Å²) in [6.07, 6.45) is 5.10. The van der Waals surface area contributed by atoms with Crippen molar-refractivity contribution in [2.75, 3.05) is 34.4 Å². The quantitative estimate of drug-likeness (QED) is 0.793. The van der Waals surface area contributed by atoms with E-state index in [2.05, 4.69) is 30.8 Å². The summed E-state index contributed by atoms with van der Waals surface area (Å²) < 4.78 is 5.30. The molecule has 3 unspecified atom stereocenters. The summed E-state index contributed by atoms with van der Waals surface area (Å²) >= 11 is 0. The number of nitrogens with zero attached hydrogens (tertiary/aromatic N) is 2. The van der Waals surface area contributed by atoms with Crippen LogP contribution in [0.15, 0.2) is 0 Å². The van der Waals surface area contributed by atoms with Gasteiger partial charge < -0.3 is 15.4 Å². The molecule has 2 saturated heterocycles. The number of likely N-dealkylation sites (N-methyl/N-ethyl adjacent to an activating group) is 1. The average Bonchev–Trinajstić information content (AvgIpc) is 2.61. The molecule has 106 valence electrons. The summed E-state index contributed by atoms with van der Waals surface area (Å²) in [7, 11) is 6.28. The third-order valence-corrected chi connectivity index (χ3v) is 5.41. The third kappa shape index (κ3) is 2.31. The average molecular weight is 255 g/mol. The number of piperidine rings is 1. The fourth-order valence-electron chi connectivity index (χ4n) is 3.96. The fourth-order valence-corrected chi connectivity index (χ4v) is 3.96. The smallest absolute Gasteiger partial charge is 0.0615 e. The number of ether oxygens (including phenoxy) is 1. The van der Waals surface area contributed by atoms with Crippen molar-refractivity contribution >= 4 is 0 Å². The predicted octanol–water partition coefficient (Wildman–Crippen LogP) is 0.907. The molecule has 0 radical (unpaired) electrons. The van der Waals surface area contributed by atoms with Crippen molar-refractivity contribution in [3.63, 3.8) is 0 Å². The lowest BCUT2D eigenvalue weighted by Gasteiger charge is -2.51. The maximum absolute atomic E-state index is 6.17. The minimum atomic E-state index is 0.177. The topological polar surface area (TPSA) is 41.7 Å². The highest BCUT2D eigenvalue weighted by Crippen LogP contribution is 2.42. The summed E-state index contributed by atoms with van der Waals surface area (Å²) in [6, 6.07) is 1.88. The van der Waals surface area contributed by atoms with Gasteiger partial charge in [-0.1, -0.05) is 0 Å². The zero-order chi connectivity index (χ0) is 13.3. The Hall–Kier alpha value is -0.160. The first kappa shape index (κ1) is 14.3. The second-order valence-electron chi connectivity index (χ2n) is 6.30. The van der Waals surface area contributed by atoms with E-state index in [1.165, 1.54) is 25.7 Å². The minimum Gasteiger partial charge on any atom is -0.383 e. The van der Waals surface area contributed by atoms with Crippen LogP contribution in [0.3, 0.4) is 0 Å². The van der Waals surface area contributed by atoms with Gasteiger partial charge in [0, 0.05) is 37.3 Å². The zero-order valence-corrected chi connectivity index (χ0v) is 12.4. The van der Waals surface area contributed by atoms with Crippen LogP contribution < -0.4 is 5.73 Å². The number of nitrogens with two attached hydrogens (primary N) is 1. The predicted molar refractivity (Wildman–Crippen MR) is 74.7 cm³/mol. The highest BCUT2D eigenvalue weighted by Gasteiger charge is 2.48. The summed E-state index contributed by atoms with van der Waals surface area (Å²) in [5.74, 6) is 0. The van der Waals surface area contributed by atoms with Gasteiger partial charge in [0.05, 0.1) is 6.61 Å². The van der Waals surface area contributed by atoms with Crippen molar-refractivity contribution in [1.82, 2.24) is 9.80 Å². The van der Waals surface area contributed by atoms with Gasteiger partial charge in [-0.2, -0.15) is 0 Å². The van der Waals surface area contributed by atoms with E-state index in [0.717, 1.165) is 25.2 Å². The summed E-state index contributed by atoms with van der Waals surface area (Å²) in [6.45, 7) is 3.78. The molecule has 0 aromatic heterocycles. The molecule has 2 bridgehead atoms. The monoisotopic (exact) mass is 255 g/mol. The molecule has 2 aliphatic heterocycles. The Labute approximate surface area is 111 Å². The van der Waals surface area contributed by atoms with Gasteiger partial charge in [0.15, 0.2) is 0 Å². The second-order valence-corrected chi connectivity index (χ2v) is 6.30. The van der Waals surface area contributed by atoms with E-state index in [0.29, 0.717) is 6.04 Å². The van der Waals surface area contributed by atoms with Crippen molar-refractivity contribution in [3.8, 4) is 0 Å². The van der Waals surface area contributed by atoms with Crippen LogP contribution >= 0.6 is 0 Å². The number of hydrogen-bond donors (Lipinski definition) is 1. The first-order valence-corrected chi connectivity index (χ1v) is 7.18. The number of fused-ring (bicyclic) bond motifs is 2. The van der Waals surface area contributed by atoms with Gasteiger partial charge in [0.25, 0.3) is 0 Å². The van der Waals surface area contributed by atoms with Crippen LogP contribution in [0.1, 0.15) is 32.6 Å². The van der Waals surface area contributed by atoms with Crippen LogP contribution in [0.5, 0.6) is 0 Å². The molecule has 0 aromatic rings. The molecular weight excluding hydrogens is 226 g/mol. The molecule has 4 nitrogen and oxygen atoms in total. The van der Waals surface area contributed by atoms with E-state index < -0.39 is 0 Å². The molecule has 2 heterocycles. The van der Waals surface area contributed by atoms with Gasteiger partial charge in [-0.05, 0) is 46.7 Å². The molecule has 0 spiro atoms. The molecule has 18 heavy (non-hydrogen) atoms. The molecule has 4 heteroatoms. The first-order valence-electron chi connectivity index (χ1n) is 7.18. The SMILES string of the molecule is COCC(C)N(C)C1(CN)CC2CCC(C1)N2C. The number of rotatable bonds is 5. The lowest BCUT2D eigenvalue weighted by Crippen LogP contribution is -2.63. The Morgan fingerprint density at radius 2 is 1.94 bits per heavy atom. The molecule has 0 aliphatic carbocycles. The number of methoxy groups -OCH3 is 1. The Morgan fingerprint density at radius 1 is 1.39 bits per heavy atom. The molecule has 2 aliphatic rings. The Morgan fingerprint density at radius 3 is 2.39 bits per heavy atom. The van der Waals surface area contributed by atoms with Crippen molar-refractivity contribution < 1.29 is 4.74 Å². The summed E-state index contributed by atoms with van der Waals surface area (Å²) in [5, 5.41) is 0. The highest BCUT2D eigenvalue weighted by molar-refractivity contribution is 5.06. The van der Waals surface area contributed by atoms with Gasteiger partial charge in [-0.15, -0.1) is 0 Å². The van der Waals surface area contributed by atoms with Crippen LogP contribution in [0.2, 0.25) is 0 Å². The Balaban J connectivity index is 2.12. The van der Waals surface area contributed by atoms with E-state index in [4.69, 9.17) is 10.5 Å². The maximum Gasteiger partial charge on any atom is 0.0615 e. The minimum absolute atomic E-state index is 0.177. The first-order chi connectivity index (χ1) is 8.54. The van der Waals surface area contributed by atoms with Crippen molar-refractivity contribution in [1.29, 1.82) is 0 Å². The lowest BCUT2D eigenvalue weighted by molar-refractivity contribution is -0.0213. The standard InChI is InChI=1S/C14H29N3O/c1-11(9-18-4)17(3)14(10-15)7-12-5-6-13(8-14)16(12)2/h11-13H,5-10,15H2,1-4H3. The zero-order valence-electron chi connectivity index (χ0n) is 12.4. The lowest BCUT2D eigenvalue weighted by atomic mass is 9.81. The molecule has 3 atom stereocenters. The van der Waals surface area contributed by atoms with Crippen LogP contribution in [-0.4, -0.2) is 67.8 Å². The normalized spacial score (nSPS) is 38.3. The van der Waals surface area contributed by atoms with Gasteiger partial charge in [-0.3, -0.25) is 4.90 Å². The van der Waals surface area contributed by atoms with E-state index in [9.17, 15) is 0 Å². The van der Waals surface area contributed by atoms with Crippen molar-refractivity contribution in [3.05, 3.63) is 0 Å². The third-order valence-electron chi connectivity index (χ3n) is 5.41. The molecular formula is C14H29N3O. The Kier molecular flexibility index (Phi) is 4.32. The molecule has 0 amide bonds. The largest absolute Gasteiger partial charge is 0.383 e. The van der Waals surface area contributed by atoms with E-state index >= 15 is 0 Å². The van der Waals surface area contributed by atoms with Crippen LogP contribution in [0.4, 0.5) is 0 Å². The van der Waals surface area contributed by atoms with Gasteiger partial charge in [0.2, 0.25) is 0 Å². The second kappa shape index (κ2) is 5.45. The maximum atomic E-state index is 6.17. The highest BCUT2D eigenvalue weighted by atomic mass is 16.5. The molecule has 2 rings (SSSR count). The Bertz CT molecular complexity index is 270. The van der Waals surface area contributed by atoms with Crippen molar-refractivity contribution in [2.24, 2.45) is 5.73 Å². The summed E-state index contributed by atoms with van der Waals surface area (Å²) in [4.78, 5) is 5.05. The van der Waals surface area contributed by atoms with E-state index in [1.807, 2.05) is 0 Å². The van der Waals surface area contributed by atoms with Crippen LogP contribution in [0.25, 0.3) is 0 Å². The van der Waals surface area contributed by atoms with Gasteiger partial charge in [-0.25, -0.2) is 0 Å². The van der Waals surface area contributed by atoms with E-state index in [-0.39, 0.29) is 5.54 Å².